The minimum Gasteiger partial charge on any atom is -0.345 e. The highest BCUT2D eigenvalue weighted by Gasteiger charge is 2.30. The zero-order chi connectivity index (χ0) is 16.1. The van der Waals surface area contributed by atoms with Gasteiger partial charge in [0, 0.05) is 37.6 Å². The quantitative estimate of drug-likeness (QED) is 0.782. The maximum Gasteiger partial charge on any atom is 0.272 e. The number of hydrogen-bond donors (Lipinski definition) is 1. The van der Waals surface area contributed by atoms with Gasteiger partial charge in [-0.05, 0) is 18.4 Å². The highest BCUT2D eigenvalue weighted by Crippen LogP contribution is 2.29. The first-order chi connectivity index (χ1) is 11.0. The molecule has 1 fully saturated rings. The summed E-state index contributed by atoms with van der Waals surface area (Å²) in [5.74, 6) is 0.0896. The summed E-state index contributed by atoms with van der Waals surface area (Å²) in [5.41, 5.74) is 3.06. The van der Waals surface area contributed by atoms with Gasteiger partial charge in [0.15, 0.2) is 5.65 Å². The number of nitrogens with zero attached hydrogens (tertiary/aromatic N) is 3. The molecule has 1 saturated heterocycles. The SMILES string of the molecule is Cc1c(-c2cccs2)[nH]n2c(=O)cc([C@@H]3CC(=O)N(C)C3)nc12. The van der Waals surface area contributed by atoms with Crippen LogP contribution in [0.4, 0.5) is 0 Å². The summed E-state index contributed by atoms with van der Waals surface area (Å²) >= 11 is 1.62. The molecule has 0 saturated carbocycles. The molecule has 7 heteroatoms. The fourth-order valence-corrected chi connectivity index (χ4v) is 3.88. The number of hydrogen-bond acceptors (Lipinski definition) is 4. The van der Waals surface area contributed by atoms with E-state index in [9.17, 15) is 9.59 Å². The van der Waals surface area contributed by atoms with E-state index in [1.54, 1.807) is 23.3 Å². The highest BCUT2D eigenvalue weighted by molar-refractivity contribution is 7.13. The minimum atomic E-state index is -0.141. The fraction of sp³-hybridized carbons (Fsp3) is 0.312. The van der Waals surface area contributed by atoms with E-state index in [-0.39, 0.29) is 17.4 Å². The molecule has 0 radical (unpaired) electrons. The Morgan fingerprint density at radius 1 is 1.39 bits per heavy atom. The third-order valence-corrected chi connectivity index (χ3v) is 5.29. The van der Waals surface area contributed by atoms with Gasteiger partial charge in [0.2, 0.25) is 5.91 Å². The Morgan fingerprint density at radius 3 is 2.87 bits per heavy atom. The lowest BCUT2D eigenvalue weighted by Crippen LogP contribution is -2.20. The van der Waals surface area contributed by atoms with Gasteiger partial charge in [0.1, 0.15) is 0 Å². The van der Waals surface area contributed by atoms with Crippen molar-refractivity contribution in [1.29, 1.82) is 0 Å². The number of fused-ring (bicyclic) bond motifs is 1. The van der Waals surface area contributed by atoms with Crippen LogP contribution >= 0.6 is 11.3 Å². The Kier molecular flexibility index (Phi) is 3.12. The lowest BCUT2D eigenvalue weighted by molar-refractivity contribution is -0.126. The molecule has 118 valence electrons. The van der Waals surface area contributed by atoms with E-state index in [1.165, 1.54) is 10.6 Å². The van der Waals surface area contributed by atoms with Crippen molar-refractivity contribution in [2.45, 2.75) is 19.3 Å². The Bertz CT molecular complexity index is 955. The molecule has 0 unspecified atom stereocenters. The van der Waals surface area contributed by atoms with Crippen LogP contribution in [0.25, 0.3) is 16.2 Å². The van der Waals surface area contributed by atoms with Gasteiger partial charge in [0.25, 0.3) is 5.56 Å². The Labute approximate surface area is 136 Å². The number of thiophene rings is 1. The summed E-state index contributed by atoms with van der Waals surface area (Å²) in [4.78, 5) is 31.6. The highest BCUT2D eigenvalue weighted by atomic mass is 32.1. The molecule has 4 rings (SSSR count). The summed E-state index contributed by atoms with van der Waals surface area (Å²) in [6.45, 7) is 2.58. The smallest absolute Gasteiger partial charge is 0.272 e. The maximum absolute atomic E-state index is 12.5. The second-order valence-electron chi connectivity index (χ2n) is 5.94. The fourth-order valence-electron chi connectivity index (χ4n) is 3.10. The number of likely N-dealkylation sites (N-methyl/N-ethyl adjacent to an activating group) is 1. The van der Waals surface area contributed by atoms with Crippen LogP contribution < -0.4 is 5.56 Å². The number of carbonyl (C=O) groups is 1. The predicted octanol–water partition coefficient (Wildman–Crippen LogP) is 2.01. The van der Waals surface area contributed by atoms with Crippen LogP contribution in [0.15, 0.2) is 28.4 Å². The first kappa shape index (κ1) is 14.2. The van der Waals surface area contributed by atoms with Crippen LogP contribution in [-0.4, -0.2) is 39.0 Å². The van der Waals surface area contributed by atoms with Crippen molar-refractivity contribution < 1.29 is 4.79 Å². The van der Waals surface area contributed by atoms with E-state index < -0.39 is 0 Å². The molecule has 23 heavy (non-hydrogen) atoms. The van der Waals surface area contributed by atoms with E-state index in [4.69, 9.17) is 0 Å². The summed E-state index contributed by atoms with van der Waals surface area (Å²) < 4.78 is 1.48. The van der Waals surface area contributed by atoms with Crippen molar-refractivity contribution in [2.75, 3.05) is 13.6 Å². The molecule has 1 atom stereocenters. The second kappa shape index (κ2) is 5.06. The Hall–Kier alpha value is -2.41. The van der Waals surface area contributed by atoms with Gasteiger partial charge < -0.3 is 4.90 Å². The lowest BCUT2D eigenvalue weighted by atomic mass is 10.0. The van der Waals surface area contributed by atoms with Gasteiger partial charge in [-0.15, -0.1) is 11.3 Å². The average Bonchev–Trinajstić information content (AvgIpc) is 3.21. The first-order valence-corrected chi connectivity index (χ1v) is 8.32. The molecule has 6 nitrogen and oxygen atoms in total. The zero-order valence-corrected chi connectivity index (χ0v) is 13.7. The molecule has 3 aromatic rings. The van der Waals surface area contributed by atoms with E-state index in [1.807, 2.05) is 24.4 Å². The molecule has 4 heterocycles. The molecule has 0 bridgehead atoms. The number of amides is 1. The minimum absolute atomic E-state index is 0.00955. The number of aryl methyl sites for hydroxylation is 1. The second-order valence-corrected chi connectivity index (χ2v) is 6.89. The number of aromatic nitrogens is 3. The maximum atomic E-state index is 12.5. The van der Waals surface area contributed by atoms with Crippen molar-refractivity contribution >= 4 is 22.9 Å². The number of carbonyl (C=O) groups excluding carboxylic acids is 1. The van der Waals surface area contributed by atoms with Crippen LogP contribution in [0.5, 0.6) is 0 Å². The Morgan fingerprint density at radius 2 is 2.22 bits per heavy atom. The van der Waals surface area contributed by atoms with Crippen molar-refractivity contribution in [2.24, 2.45) is 0 Å². The largest absolute Gasteiger partial charge is 0.345 e. The molecule has 1 aliphatic heterocycles. The van der Waals surface area contributed by atoms with Gasteiger partial charge in [0.05, 0.1) is 16.3 Å². The van der Waals surface area contributed by atoms with Crippen LogP contribution in [0.1, 0.15) is 23.6 Å². The molecule has 0 spiro atoms. The van der Waals surface area contributed by atoms with Crippen molar-refractivity contribution in [3.63, 3.8) is 0 Å². The molecule has 0 aliphatic carbocycles. The lowest BCUT2D eigenvalue weighted by Gasteiger charge is -2.09. The third-order valence-electron chi connectivity index (χ3n) is 4.40. The van der Waals surface area contributed by atoms with Crippen LogP contribution in [0.3, 0.4) is 0 Å². The van der Waals surface area contributed by atoms with Gasteiger partial charge >= 0.3 is 0 Å². The summed E-state index contributed by atoms with van der Waals surface area (Å²) in [6.07, 6.45) is 0.417. The summed E-state index contributed by atoms with van der Waals surface area (Å²) in [7, 11) is 1.78. The molecule has 3 aromatic heterocycles. The van der Waals surface area contributed by atoms with Crippen molar-refractivity contribution in [3.05, 3.63) is 45.2 Å². The van der Waals surface area contributed by atoms with Crippen LogP contribution in [-0.2, 0) is 4.79 Å². The number of aromatic amines is 1. The van der Waals surface area contributed by atoms with Gasteiger partial charge in [-0.3, -0.25) is 14.7 Å². The monoisotopic (exact) mass is 328 g/mol. The zero-order valence-electron chi connectivity index (χ0n) is 12.9. The van der Waals surface area contributed by atoms with Crippen molar-refractivity contribution in [1.82, 2.24) is 19.5 Å². The molecule has 1 amide bonds. The van der Waals surface area contributed by atoms with Gasteiger partial charge in [-0.25, -0.2) is 9.50 Å². The summed E-state index contributed by atoms with van der Waals surface area (Å²) in [6, 6.07) is 5.53. The first-order valence-electron chi connectivity index (χ1n) is 7.44. The van der Waals surface area contributed by atoms with Gasteiger partial charge in [-0.1, -0.05) is 6.07 Å². The third kappa shape index (κ3) is 2.19. The molecule has 1 N–H and O–H groups in total. The summed E-state index contributed by atoms with van der Waals surface area (Å²) in [5, 5.41) is 5.15. The Balaban J connectivity index is 1.86. The van der Waals surface area contributed by atoms with E-state index in [0.717, 1.165) is 16.1 Å². The standard InChI is InChI=1S/C16H16N4O2S/c1-9-15(12-4-3-5-23-12)18-20-14(22)7-11(17-16(9)20)10-6-13(21)19(2)8-10/h3-5,7,10,18H,6,8H2,1-2H3/t10-/m1/s1. The molecular formula is C16H16N4O2S. The van der Waals surface area contributed by atoms with Crippen molar-refractivity contribution in [3.8, 4) is 10.6 Å². The number of nitrogens with one attached hydrogen (secondary N) is 1. The molecule has 1 aliphatic rings. The number of H-pyrrole nitrogens is 1. The van der Waals surface area contributed by atoms with Crippen LogP contribution in [0.2, 0.25) is 0 Å². The number of rotatable bonds is 2. The van der Waals surface area contributed by atoms with Gasteiger partial charge in [-0.2, -0.15) is 0 Å². The van der Waals surface area contributed by atoms with Crippen LogP contribution in [0, 0.1) is 6.92 Å². The topological polar surface area (TPSA) is 70.5 Å². The molecular weight excluding hydrogens is 312 g/mol. The van der Waals surface area contributed by atoms with E-state index in [2.05, 4.69) is 10.1 Å². The van der Waals surface area contributed by atoms with E-state index >= 15 is 0 Å². The normalized spacial score (nSPS) is 18.3. The number of likely N-dealkylation sites (tertiary alicyclic amines) is 1. The molecule has 0 aromatic carbocycles. The predicted molar refractivity (Wildman–Crippen MR) is 88.9 cm³/mol. The van der Waals surface area contributed by atoms with E-state index in [0.29, 0.717) is 24.3 Å². The average molecular weight is 328 g/mol.